The Bertz CT molecular complexity index is 1850. The Balaban J connectivity index is 1.18. The number of benzene rings is 3. The summed E-state index contributed by atoms with van der Waals surface area (Å²) in [5.41, 5.74) is 2.90. The van der Waals surface area contributed by atoms with Gasteiger partial charge in [-0.25, -0.2) is 18.1 Å². The average Bonchev–Trinajstić information content (AvgIpc) is 3.08. The number of para-hydroxylation sites is 1. The summed E-state index contributed by atoms with van der Waals surface area (Å²) in [7, 11) is -4.48. The number of hydrogen-bond acceptors (Lipinski definition) is 8. The second-order valence-electron chi connectivity index (χ2n) is 12.1. The smallest absolute Gasteiger partial charge is 0.422 e. The minimum atomic E-state index is -4.77. The van der Waals surface area contributed by atoms with Crippen molar-refractivity contribution in [3.05, 3.63) is 72.3 Å². The Morgan fingerprint density at radius 3 is 2.10 bits per heavy atom. The third-order valence-corrected chi connectivity index (χ3v) is 9.75. The van der Waals surface area contributed by atoms with Crippen molar-refractivity contribution in [2.24, 2.45) is 11.8 Å². The number of aromatic nitrogens is 2. The van der Waals surface area contributed by atoms with Crippen molar-refractivity contribution in [3.8, 4) is 11.5 Å². The van der Waals surface area contributed by atoms with Gasteiger partial charge in [0.15, 0.2) is 13.2 Å². The van der Waals surface area contributed by atoms with Crippen LogP contribution < -0.4 is 24.8 Å². The second-order valence-corrected chi connectivity index (χ2v) is 13.9. The first-order valence-electron chi connectivity index (χ1n) is 16.1. The van der Waals surface area contributed by atoms with Gasteiger partial charge in [0, 0.05) is 30.2 Å². The van der Waals surface area contributed by atoms with E-state index in [2.05, 4.69) is 48.9 Å². The number of halogens is 6. The highest BCUT2D eigenvalue weighted by Crippen LogP contribution is 2.33. The summed E-state index contributed by atoms with van der Waals surface area (Å²) in [5.74, 6) is 0.170. The Hall–Kier alpha value is -4.31. The first kappa shape index (κ1) is 37.0. The van der Waals surface area contributed by atoms with Crippen molar-refractivity contribution in [3.63, 3.8) is 0 Å². The summed E-state index contributed by atoms with van der Waals surface area (Å²) >= 11 is 0. The average molecular weight is 726 g/mol. The largest absolute Gasteiger partial charge is 0.484 e. The number of ether oxygens (including phenoxy) is 2. The van der Waals surface area contributed by atoms with Gasteiger partial charge in [-0.15, -0.1) is 0 Å². The lowest BCUT2D eigenvalue weighted by atomic mass is 9.82. The van der Waals surface area contributed by atoms with Gasteiger partial charge in [-0.1, -0.05) is 31.2 Å². The topological polar surface area (TPSA) is 114 Å². The van der Waals surface area contributed by atoms with E-state index in [1.165, 1.54) is 5.56 Å². The van der Waals surface area contributed by atoms with Crippen LogP contribution in [0.5, 0.6) is 11.5 Å². The monoisotopic (exact) mass is 725 g/mol. The van der Waals surface area contributed by atoms with E-state index in [0.29, 0.717) is 31.2 Å². The first-order chi connectivity index (χ1) is 23.7. The minimum absolute atomic E-state index is 0.0170. The first-order valence-corrected chi connectivity index (χ1v) is 17.5. The van der Waals surface area contributed by atoms with E-state index in [4.69, 9.17) is 4.98 Å². The van der Waals surface area contributed by atoms with E-state index >= 15 is 0 Å². The van der Waals surface area contributed by atoms with E-state index in [1.807, 2.05) is 36.4 Å². The van der Waals surface area contributed by atoms with Crippen LogP contribution in [0.4, 0.5) is 43.8 Å². The molecule has 50 heavy (non-hydrogen) atoms. The maximum absolute atomic E-state index is 13.2. The van der Waals surface area contributed by atoms with Gasteiger partial charge in [0.25, 0.3) is 0 Å². The Morgan fingerprint density at radius 1 is 0.800 bits per heavy atom. The van der Waals surface area contributed by atoms with Crippen molar-refractivity contribution < 1.29 is 44.2 Å². The van der Waals surface area contributed by atoms with Gasteiger partial charge in [-0.05, 0) is 85.9 Å². The van der Waals surface area contributed by atoms with Crippen LogP contribution in [0.25, 0.3) is 10.9 Å². The molecular weight excluding hydrogens is 688 g/mol. The van der Waals surface area contributed by atoms with Crippen LogP contribution in [-0.2, 0) is 16.4 Å². The normalized spacial score (nSPS) is 17.0. The molecule has 4 aromatic rings. The number of aryl methyl sites for hydroxylation is 1. The molecule has 9 nitrogen and oxygen atoms in total. The molecule has 0 spiro atoms. The van der Waals surface area contributed by atoms with Gasteiger partial charge in [-0.3, -0.25) is 0 Å². The summed E-state index contributed by atoms with van der Waals surface area (Å²) in [6, 6.07) is 18.3. The summed E-state index contributed by atoms with van der Waals surface area (Å²) in [5, 5.41) is 7.62. The van der Waals surface area contributed by atoms with Crippen molar-refractivity contribution in [2.75, 3.05) is 36.9 Å². The van der Waals surface area contributed by atoms with E-state index < -0.39 is 52.0 Å². The zero-order valence-electron chi connectivity index (χ0n) is 27.1. The molecular formula is C34H37F6N5O4S. The number of alkyl halides is 6. The minimum Gasteiger partial charge on any atom is -0.484 e. The molecule has 1 aliphatic carbocycles. The predicted octanol–water partition coefficient (Wildman–Crippen LogP) is 8.01. The van der Waals surface area contributed by atoms with E-state index in [0.717, 1.165) is 54.1 Å². The van der Waals surface area contributed by atoms with Gasteiger partial charge >= 0.3 is 12.4 Å². The summed E-state index contributed by atoms with van der Waals surface area (Å²) in [6.07, 6.45) is -5.67. The molecule has 0 atom stereocenters. The molecule has 0 aliphatic heterocycles. The highest BCUT2D eigenvalue weighted by atomic mass is 32.2. The van der Waals surface area contributed by atoms with Gasteiger partial charge in [0.1, 0.15) is 22.2 Å². The van der Waals surface area contributed by atoms with Crippen molar-refractivity contribution >= 4 is 38.4 Å². The number of nitrogens with zero attached hydrogens (tertiary/aromatic N) is 2. The standard InChI is InChI=1S/C34H37F6N5O4S/c1-2-22-11-13-25(14-12-22)43-31-27-5-3-4-6-28(27)44-32(45-31)41-18-23-7-9-24(10-8-23)19-42-50(46,47)30-17-26(48-20-33(35,36)37)15-16-29(30)49-21-34(38,39)40/h3-6,11-17,23-24,42H,2,7-10,18-21H2,1H3,(H2,41,43,44,45)/t23-,24-. The zero-order valence-corrected chi connectivity index (χ0v) is 27.9. The molecule has 0 saturated heterocycles. The van der Waals surface area contributed by atoms with Crippen LogP contribution in [0.2, 0.25) is 0 Å². The molecule has 0 bridgehead atoms. The SMILES string of the molecule is CCc1ccc(Nc2nc(NC[C@H]3CC[C@H](CNS(=O)(=O)c4cc(OCC(F)(F)F)ccc4OCC(F)(F)F)CC3)nc3ccccc23)cc1. The number of sulfonamides is 1. The predicted molar refractivity (Wildman–Crippen MR) is 177 cm³/mol. The quantitative estimate of drug-likeness (QED) is 0.112. The number of hydrogen-bond donors (Lipinski definition) is 3. The third-order valence-electron chi connectivity index (χ3n) is 8.30. The van der Waals surface area contributed by atoms with Crippen LogP contribution in [0.3, 0.4) is 0 Å². The van der Waals surface area contributed by atoms with Crippen LogP contribution in [0, 0.1) is 11.8 Å². The van der Waals surface area contributed by atoms with Crippen LogP contribution in [-0.4, -0.2) is 57.0 Å². The molecule has 3 N–H and O–H groups in total. The Labute approximate surface area is 285 Å². The van der Waals surface area contributed by atoms with Gasteiger partial charge in [0.05, 0.1) is 5.52 Å². The maximum atomic E-state index is 13.2. The fourth-order valence-corrected chi connectivity index (χ4v) is 6.90. The zero-order chi connectivity index (χ0) is 35.9. The van der Waals surface area contributed by atoms with Crippen molar-refractivity contribution in [1.82, 2.24) is 14.7 Å². The molecule has 1 heterocycles. The number of nitrogens with one attached hydrogen (secondary N) is 3. The molecule has 5 rings (SSSR count). The lowest BCUT2D eigenvalue weighted by Crippen LogP contribution is -2.33. The Kier molecular flexibility index (Phi) is 11.6. The van der Waals surface area contributed by atoms with E-state index in [9.17, 15) is 34.8 Å². The van der Waals surface area contributed by atoms with Gasteiger partial charge < -0.3 is 20.1 Å². The summed E-state index contributed by atoms with van der Waals surface area (Å²) in [4.78, 5) is 8.67. The number of rotatable bonds is 14. The van der Waals surface area contributed by atoms with Gasteiger partial charge in [-0.2, -0.15) is 31.3 Å². The fourth-order valence-electron chi connectivity index (χ4n) is 5.62. The van der Waals surface area contributed by atoms with Crippen LogP contribution in [0.1, 0.15) is 38.2 Å². The third kappa shape index (κ3) is 10.6. The fraction of sp³-hybridized carbons (Fsp3) is 0.412. The molecule has 1 aliphatic rings. The molecule has 1 fully saturated rings. The lowest BCUT2D eigenvalue weighted by Gasteiger charge is -2.29. The summed E-state index contributed by atoms with van der Waals surface area (Å²) in [6.45, 7) is -0.828. The molecule has 1 aromatic heterocycles. The second kappa shape index (κ2) is 15.7. The molecule has 270 valence electrons. The number of anilines is 3. The summed E-state index contributed by atoms with van der Waals surface area (Å²) < 4.78 is 114. The molecule has 0 amide bonds. The van der Waals surface area contributed by atoms with E-state index in [1.54, 1.807) is 0 Å². The van der Waals surface area contributed by atoms with Crippen molar-refractivity contribution in [2.45, 2.75) is 56.3 Å². The highest BCUT2D eigenvalue weighted by Gasteiger charge is 2.32. The Morgan fingerprint density at radius 2 is 1.44 bits per heavy atom. The van der Waals surface area contributed by atoms with Crippen molar-refractivity contribution in [1.29, 1.82) is 0 Å². The molecule has 16 heteroatoms. The lowest BCUT2D eigenvalue weighted by molar-refractivity contribution is -0.154. The molecule has 0 unspecified atom stereocenters. The highest BCUT2D eigenvalue weighted by molar-refractivity contribution is 7.89. The molecule has 0 radical (unpaired) electrons. The van der Waals surface area contributed by atoms with Gasteiger partial charge in [0.2, 0.25) is 16.0 Å². The molecule has 1 saturated carbocycles. The molecule has 3 aromatic carbocycles. The van der Waals surface area contributed by atoms with E-state index in [-0.39, 0.29) is 18.4 Å². The van der Waals surface area contributed by atoms with Crippen LogP contribution in [0.15, 0.2) is 71.6 Å². The number of fused-ring (bicyclic) bond motifs is 1. The van der Waals surface area contributed by atoms with Crippen LogP contribution >= 0.6 is 0 Å². The maximum Gasteiger partial charge on any atom is 0.422 e.